The number of hydrogen-bond acceptors (Lipinski definition) is 6. The van der Waals surface area contributed by atoms with E-state index in [-0.39, 0.29) is 30.6 Å². The van der Waals surface area contributed by atoms with Crippen molar-refractivity contribution in [3.05, 3.63) is 52.6 Å². The molecule has 0 radical (unpaired) electrons. The van der Waals surface area contributed by atoms with E-state index in [0.717, 1.165) is 22.4 Å². The van der Waals surface area contributed by atoms with Crippen LogP contribution in [0.15, 0.2) is 30.3 Å². The smallest absolute Gasteiger partial charge is 0.341 e. The van der Waals surface area contributed by atoms with E-state index in [1.165, 1.54) is 18.3 Å². The van der Waals surface area contributed by atoms with Gasteiger partial charge in [0, 0.05) is 18.0 Å². The van der Waals surface area contributed by atoms with Crippen molar-refractivity contribution in [1.29, 1.82) is 0 Å². The lowest BCUT2D eigenvalue weighted by Crippen LogP contribution is -2.21. The number of ether oxygens (including phenoxy) is 2. The zero-order valence-corrected chi connectivity index (χ0v) is 19.6. The van der Waals surface area contributed by atoms with E-state index in [0.29, 0.717) is 20.8 Å². The molecular formula is C24H26N2O5S. The zero-order chi connectivity index (χ0) is 23.4. The van der Waals surface area contributed by atoms with Gasteiger partial charge in [-0.2, -0.15) is 0 Å². The predicted octanol–water partition coefficient (Wildman–Crippen LogP) is 4.98. The van der Waals surface area contributed by atoms with Crippen molar-refractivity contribution in [3.63, 3.8) is 0 Å². The Bertz CT molecular complexity index is 1200. The molecule has 0 fully saturated rings. The molecule has 2 aromatic carbocycles. The number of anilines is 2. The summed E-state index contributed by atoms with van der Waals surface area (Å²) in [6, 6.07) is 9.44. The second-order valence-electron chi connectivity index (χ2n) is 7.45. The fourth-order valence-corrected chi connectivity index (χ4v) is 4.55. The molecule has 168 valence electrons. The van der Waals surface area contributed by atoms with Crippen LogP contribution in [-0.4, -0.2) is 31.0 Å². The highest BCUT2D eigenvalue weighted by Crippen LogP contribution is 2.42. The minimum absolute atomic E-state index is 0.199. The Hall–Kier alpha value is -3.39. The predicted molar refractivity (Wildman–Crippen MR) is 127 cm³/mol. The monoisotopic (exact) mass is 454 g/mol. The SMILES string of the molecule is CCOC(=O)c1c(NC(C)=O)sc2c(OCC(=O)Nc3cc(C)ccc3C)c(C)ccc12. The van der Waals surface area contributed by atoms with Crippen LogP contribution in [0.2, 0.25) is 0 Å². The van der Waals surface area contributed by atoms with Gasteiger partial charge < -0.3 is 20.1 Å². The third-order valence-corrected chi connectivity index (χ3v) is 5.91. The average Bonchev–Trinajstić information content (AvgIpc) is 3.07. The largest absolute Gasteiger partial charge is 0.482 e. The highest BCUT2D eigenvalue weighted by Gasteiger charge is 2.24. The molecule has 8 heteroatoms. The Morgan fingerprint density at radius 1 is 1.00 bits per heavy atom. The molecule has 0 saturated heterocycles. The molecule has 1 heterocycles. The maximum Gasteiger partial charge on any atom is 0.341 e. The van der Waals surface area contributed by atoms with Gasteiger partial charge in [-0.1, -0.05) is 24.3 Å². The number of carbonyl (C=O) groups excluding carboxylic acids is 3. The molecule has 0 spiro atoms. The summed E-state index contributed by atoms with van der Waals surface area (Å²) < 4.78 is 11.7. The molecule has 0 unspecified atom stereocenters. The Morgan fingerprint density at radius 3 is 2.41 bits per heavy atom. The van der Waals surface area contributed by atoms with E-state index in [1.54, 1.807) is 13.0 Å². The average molecular weight is 455 g/mol. The van der Waals surface area contributed by atoms with Gasteiger partial charge in [-0.15, -0.1) is 11.3 Å². The summed E-state index contributed by atoms with van der Waals surface area (Å²) in [4.78, 5) is 36.8. The number of nitrogens with one attached hydrogen (secondary N) is 2. The van der Waals surface area contributed by atoms with Crippen molar-refractivity contribution in [1.82, 2.24) is 0 Å². The molecule has 0 bridgehead atoms. The number of aryl methyl sites for hydroxylation is 3. The van der Waals surface area contributed by atoms with Gasteiger partial charge >= 0.3 is 5.97 Å². The molecule has 0 aliphatic heterocycles. The number of rotatable bonds is 7. The third-order valence-electron chi connectivity index (χ3n) is 4.79. The van der Waals surface area contributed by atoms with Crippen LogP contribution in [0.4, 0.5) is 10.7 Å². The van der Waals surface area contributed by atoms with Gasteiger partial charge in [0.05, 0.1) is 11.3 Å². The van der Waals surface area contributed by atoms with Gasteiger partial charge in [0.15, 0.2) is 6.61 Å². The van der Waals surface area contributed by atoms with Crippen molar-refractivity contribution >= 4 is 49.9 Å². The quantitative estimate of drug-likeness (QED) is 0.491. The fourth-order valence-electron chi connectivity index (χ4n) is 3.26. The number of esters is 1. The molecule has 2 amide bonds. The van der Waals surface area contributed by atoms with E-state index < -0.39 is 5.97 Å². The topological polar surface area (TPSA) is 93.7 Å². The standard InChI is InChI=1S/C24H26N2O5S/c1-6-30-24(29)20-17-10-9-15(4)21(22(17)32-23(20)25-16(5)27)31-12-19(28)26-18-11-13(2)7-8-14(18)3/h7-11H,6,12H2,1-5H3,(H,25,27)(H,26,28). The summed E-state index contributed by atoms with van der Waals surface area (Å²) in [5.41, 5.74) is 3.83. The number of fused-ring (bicyclic) bond motifs is 1. The number of hydrogen-bond donors (Lipinski definition) is 2. The van der Waals surface area contributed by atoms with Crippen LogP contribution in [0.1, 0.15) is 40.9 Å². The Morgan fingerprint density at radius 2 is 1.72 bits per heavy atom. The van der Waals surface area contributed by atoms with Crippen LogP contribution in [0.3, 0.4) is 0 Å². The molecule has 0 aliphatic rings. The van der Waals surface area contributed by atoms with Gasteiger partial charge in [0.2, 0.25) is 5.91 Å². The molecule has 2 N–H and O–H groups in total. The van der Waals surface area contributed by atoms with Crippen molar-refractivity contribution in [2.24, 2.45) is 0 Å². The molecule has 1 aromatic heterocycles. The summed E-state index contributed by atoms with van der Waals surface area (Å²) >= 11 is 1.22. The number of amides is 2. The van der Waals surface area contributed by atoms with Crippen molar-refractivity contribution in [2.45, 2.75) is 34.6 Å². The summed E-state index contributed by atoms with van der Waals surface area (Å²) in [6.45, 7) is 8.85. The van der Waals surface area contributed by atoms with Gasteiger partial charge in [0.25, 0.3) is 5.91 Å². The molecular weight excluding hydrogens is 428 g/mol. The summed E-state index contributed by atoms with van der Waals surface area (Å²) in [7, 11) is 0. The second kappa shape index (κ2) is 9.82. The van der Waals surface area contributed by atoms with Crippen LogP contribution in [0, 0.1) is 20.8 Å². The normalized spacial score (nSPS) is 10.7. The van der Waals surface area contributed by atoms with Crippen molar-refractivity contribution in [2.75, 3.05) is 23.8 Å². The lowest BCUT2D eigenvalue weighted by Gasteiger charge is -2.12. The first kappa shape index (κ1) is 23.3. The van der Waals surface area contributed by atoms with E-state index in [4.69, 9.17) is 9.47 Å². The molecule has 32 heavy (non-hydrogen) atoms. The van der Waals surface area contributed by atoms with Crippen LogP contribution in [0.25, 0.3) is 10.1 Å². The molecule has 0 saturated carbocycles. The highest BCUT2D eigenvalue weighted by molar-refractivity contribution is 7.24. The molecule has 3 aromatic rings. The first-order valence-electron chi connectivity index (χ1n) is 10.2. The van der Waals surface area contributed by atoms with Crippen LogP contribution in [-0.2, 0) is 14.3 Å². The summed E-state index contributed by atoms with van der Waals surface area (Å²) in [5.74, 6) is -0.621. The lowest BCUT2D eigenvalue weighted by atomic mass is 10.1. The van der Waals surface area contributed by atoms with Crippen LogP contribution < -0.4 is 15.4 Å². The summed E-state index contributed by atoms with van der Waals surface area (Å²) in [5, 5.41) is 6.57. The molecule has 7 nitrogen and oxygen atoms in total. The van der Waals surface area contributed by atoms with Crippen LogP contribution in [0.5, 0.6) is 5.75 Å². The van der Waals surface area contributed by atoms with E-state index in [1.807, 2.05) is 45.0 Å². The van der Waals surface area contributed by atoms with Crippen molar-refractivity contribution in [3.8, 4) is 5.75 Å². The first-order chi connectivity index (χ1) is 15.2. The lowest BCUT2D eigenvalue weighted by molar-refractivity contribution is -0.118. The Kier molecular flexibility index (Phi) is 7.15. The van der Waals surface area contributed by atoms with E-state index in [2.05, 4.69) is 10.6 Å². The highest BCUT2D eigenvalue weighted by atomic mass is 32.1. The van der Waals surface area contributed by atoms with E-state index in [9.17, 15) is 14.4 Å². The number of thiophene rings is 1. The summed E-state index contributed by atoms with van der Waals surface area (Å²) in [6.07, 6.45) is 0. The fraction of sp³-hybridized carbons (Fsp3) is 0.292. The van der Waals surface area contributed by atoms with E-state index >= 15 is 0 Å². The van der Waals surface area contributed by atoms with Gasteiger partial charge in [-0.05, 0) is 50.5 Å². The third kappa shape index (κ3) is 5.08. The van der Waals surface area contributed by atoms with Gasteiger partial charge in [-0.3, -0.25) is 9.59 Å². The van der Waals surface area contributed by atoms with Gasteiger partial charge in [-0.25, -0.2) is 4.79 Å². The van der Waals surface area contributed by atoms with Crippen LogP contribution >= 0.6 is 11.3 Å². The minimum atomic E-state index is -0.523. The maximum atomic E-state index is 12.6. The number of carbonyl (C=O) groups is 3. The van der Waals surface area contributed by atoms with Crippen molar-refractivity contribution < 1.29 is 23.9 Å². The van der Waals surface area contributed by atoms with Gasteiger partial charge in [0.1, 0.15) is 16.3 Å². The Balaban J connectivity index is 1.91. The molecule has 0 aliphatic carbocycles. The molecule has 0 atom stereocenters. The maximum absolute atomic E-state index is 12.6. The second-order valence-corrected chi connectivity index (χ2v) is 8.47. The minimum Gasteiger partial charge on any atom is -0.482 e. The number of benzene rings is 2. The Labute approximate surface area is 190 Å². The zero-order valence-electron chi connectivity index (χ0n) is 18.8. The first-order valence-corrected chi connectivity index (χ1v) is 11.0. The molecule has 3 rings (SSSR count).